The summed E-state index contributed by atoms with van der Waals surface area (Å²) in [6, 6.07) is 7.30. The monoisotopic (exact) mass is 307 g/mol. The number of hydrogen-bond donors (Lipinski definition) is 0. The Morgan fingerprint density at radius 3 is 2.64 bits per heavy atom. The molecule has 0 fully saturated rings. The van der Waals surface area contributed by atoms with Gasteiger partial charge in [0.1, 0.15) is 26.3 Å². The zero-order valence-corrected chi connectivity index (χ0v) is 13.0. The van der Waals surface area contributed by atoms with Crippen LogP contribution < -0.4 is 4.74 Å². The van der Waals surface area contributed by atoms with Gasteiger partial charge >= 0.3 is 5.97 Å². The first-order valence-corrected chi connectivity index (χ1v) is 6.66. The number of esters is 1. The van der Waals surface area contributed by atoms with Gasteiger partial charge in [-0.3, -0.25) is 9.78 Å². The number of quaternary nitrogens is 1. The molecular weight excluding hydrogens is 288 g/mol. The maximum absolute atomic E-state index is 11.1. The molecule has 1 aromatic heterocycles. The Bertz CT molecular complexity index is 670. The van der Waals surface area contributed by atoms with Crippen LogP contribution in [0.2, 0.25) is 0 Å². The Morgan fingerprint density at radius 1 is 1.27 bits per heavy atom. The average Bonchev–Trinajstić information content (AvgIpc) is 2.52. The van der Waals surface area contributed by atoms with Crippen molar-refractivity contribution in [1.82, 2.24) is 4.98 Å². The maximum atomic E-state index is 11.1. The van der Waals surface area contributed by atoms with Crippen LogP contribution in [0.25, 0.3) is 10.9 Å². The van der Waals surface area contributed by atoms with Crippen molar-refractivity contribution in [2.24, 2.45) is 0 Å². The Labute approximate surface area is 128 Å². The van der Waals surface area contributed by atoms with E-state index in [-0.39, 0.29) is 12.6 Å². The first kappa shape index (κ1) is 16.3. The molecule has 0 aliphatic rings. The van der Waals surface area contributed by atoms with Crippen molar-refractivity contribution in [3.05, 3.63) is 36.0 Å². The van der Waals surface area contributed by atoms with Gasteiger partial charge in [-0.25, -0.2) is 0 Å². The number of rotatable bonds is 6. The topological polar surface area (TPSA) is 66.9 Å². The molecule has 0 bridgehead atoms. The third-order valence-electron chi connectivity index (χ3n) is 3.11. The number of pyridine rings is 1. The second kappa shape index (κ2) is 6.80. The Hall–Kier alpha value is -2.06. The molecule has 118 valence electrons. The second-order valence-corrected chi connectivity index (χ2v) is 4.67. The number of benzene rings is 1. The number of ether oxygens (including phenoxy) is 1. The third kappa shape index (κ3) is 3.77. The summed E-state index contributed by atoms with van der Waals surface area (Å²) in [6.07, 6.45) is 1.66. The van der Waals surface area contributed by atoms with E-state index < -0.39 is 4.97 Å². The van der Waals surface area contributed by atoms with Gasteiger partial charge in [-0.05, 0) is 12.1 Å². The number of nitrogens with zero attached hydrogens (tertiary/aromatic N) is 2. The normalized spacial score (nSPS) is 11.6. The van der Waals surface area contributed by atoms with Gasteiger partial charge in [0.2, 0.25) is 0 Å². The minimum absolute atomic E-state index is 0.249. The second-order valence-electron chi connectivity index (χ2n) is 4.67. The zero-order chi connectivity index (χ0) is 16.2. The molecule has 0 spiro atoms. The fourth-order valence-corrected chi connectivity index (χ4v) is 1.87. The van der Waals surface area contributed by atoms with Crippen LogP contribution in [0.3, 0.4) is 0 Å². The van der Waals surface area contributed by atoms with Gasteiger partial charge in [0.25, 0.3) is 0 Å². The first-order valence-electron chi connectivity index (χ1n) is 6.66. The molecule has 0 saturated carbocycles. The predicted octanol–water partition coefficient (Wildman–Crippen LogP) is 2.16. The quantitative estimate of drug-likeness (QED) is 0.353. The van der Waals surface area contributed by atoms with Crippen LogP contribution in [0.15, 0.2) is 30.5 Å². The van der Waals surface area contributed by atoms with Crippen LogP contribution in [0.1, 0.15) is 12.5 Å². The predicted molar refractivity (Wildman–Crippen MR) is 78.0 cm³/mol. The van der Waals surface area contributed by atoms with Gasteiger partial charge < -0.3 is 4.74 Å². The van der Waals surface area contributed by atoms with Gasteiger partial charge in [-0.15, -0.1) is 14.5 Å². The van der Waals surface area contributed by atoms with Gasteiger partial charge in [0, 0.05) is 24.1 Å². The summed E-state index contributed by atoms with van der Waals surface area (Å²) >= 11 is 0. The Morgan fingerprint density at radius 2 is 2.00 bits per heavy atom. The van der Waals surface area contributed by atoms with E-state index >= 15 is 0 Å². The van der Waals surface area contributed by atoms with Gasteiger partial charge in [-0.2, -0.15) is 0 Å². The Kier molecular flexibility index (Phi) is 5.04. The molecule has 0 unspecified atom stereocenters. The van der Waals surface area contributed by atoms with Crippen molar-refractivity contribution in [2.45, 2.75) is 13.5 Å². The van der Waals surface area contributed by atoms with Crippen molar-refractivity contribution in [1.29, 1.82) is 0 Å². The minimum atomic E-state index is -0.439. The summed E-state index contributed by atoms with van der Waals surface area (Å²) < 4.78 is 5.14. The number of hydroxylamine groups is 3. The number of fused-ring (bicyclic) bond motifs is 1. The molecule has 0 radical (unpaired) electrons. The molecule has 0 amide bonds. The number of aromatic nitrogens is 1. The van der Waals surface area contributed by atoms with Crippen LogP contribution in [0.4, 0.5) is 0 Å². The number of carbonyl (C=O) groups is 1. The van der Waals surface area contributed by atoms with E-state index in [1.54, 1.807) is 25.4 Å². The summed E-state index contributed by atoms with van der Waals surface area (Å²) in [7, 11) is 4.58. The summed E-state index contributed by atoms with van der Waals surface area (Å²) in [6.45, 7) is 1.61. The van der Waals surface area contributed by atoms with E-state index in [4.69, 9.17) is 19.2 Å². The SMILES string of the molecule is CO[N+](C)(OC)OCc1cnc2c(OC(C)=O)cccc2c1. The molecule has 7 heteroatoms. The van der Waals surface area contributed by atoms with Gasteiger partial charge in [0.15, 0.2) is 12.8 Å². The van der Waals surface area contributed by atoms with E-state index in [0.29, 0.717) is 11.3 Å². The largest absolute Gasteiger partial charge is 0.424 e. The van der Waals surface area contributed by atoms with Crippen LogP contribution in [-0.2, 0) is 25.9 Å². The van der Waals surface area contributed by atoms with Crippen LogP contribution in [0, 0.1) is 0 Å². The highest BCUT2D eigenvalue weighted by molar-refractivity contribution is 5.87. The van der Waals surface area contributed by atoms with E-state index in [9.17, 15) is 4.79 Å². The summed E-state index contributed by atoms with van der Waals surface area (Å²) in [5.74, 6) is 0.0573. The molecule has 0 saturated heterocycles. The number of para-hydroxylation sites is 1. The molecule has 0 aliphatic carbocycles. The van der Waals surface area contributed by atoms with Crippen molar-refractivity contribution >= 4 is 16.9 Å². The smallest absolute Gasteiger partial charge is 0.308 e. The first-order chi connectivity index (χ1) is 10.5. The molecule has 7 nitrogen and oxygen atoms in total. The molecule has 1 aromatic carbocycles. The van der Waals surface area contributed by atoms with Gasteiger partial charge in [0.05, 0.1) is 4.97 Å². The highest BCUT2D eigenvalue weighted by atomic mass is 17.2. The summed E-state index contributed by atoms with van der Waals surface area (Å²) in [5, 5.41) is 0.851. The fraction of sp³-hybridized carbons (Fsp3) is 0.333. The summed E-state index contributed by atoms with van der Waals surface area (Å²) in [4.78, 5) is 30.7. The molecule has 2 aromatic rings. The molecule has 1 heterocycles. The standard InChI is InChI=1S/C15H19N2O5/c1-11(18)22-14-7-5-6-13-8-12(9-16-15(13)14)10-21-17(2,19-3)20-4/h5-9H,10H2,1-4H3/q+1. The molecular formula is C15H19N2O5+. The van der Waals surface area contributed by atoms with E-state index in [2.05, 4.69) is 4.98 Å². The highest BCUT2D eigenvalue weighted by Gasteiger charge is 2.24. The number of carbonyl (C=O) groups excluding carboxylic acids is 1. The lowest BCUT2D eigenvalue weighted by Crippen LogP contribution is -2.41. The third-order valence-corrected chi connectivity index (χ3v) is 3.11. The fourth-order valence-electron chi connectivity index (χ4n) is 1.87. The Balaban J connectivity index is 2.22. The van der Waals surface area contributed by atoms with Crippen molar-refractivity contribution in [3.63, 3.8) is 0 Å². The zero-order valence-electron chi connectivity index (χ0n) is 13.0. The lowest BCUT2D eigenvalue weighted by Gasteiger charge is -2.22. The van der Waals surface area contributed by atoms with Gasteiger partial charge in [-0.1, -0.05) is 12.1 Å². The van der Waals surface area contributed by atoms with Crippen molar-refractivity contribution in [2.75, 3.05) is 21.3 Å². The van der Waals surface area contributed by atoms with Crippen molar-refractivity contribution in [3.8, 4) is 5.75 Å². The lowest BCUT2D eigenvalue weighted by atomic mass is 10.1. The average molecular weight is 307 g/mol. The molecule has 0 atom stereocenters. The minimum Gasteiger partial charge on any atom is -0.424 e. The van der Waals surface area contributed by atoms with Crippen LogP contribution in [-0.4, -0.2) is 37.2 Å². The molecule has 0 aliphatic heterocycles. The van der Waals surface area contributed by atoms with E-state index in [0.717, 1.165) is 10.9 Å². The summed E-state index contributed by atoms with van der Waals surface area (Å²) in [5.41, 5.74) is 1.46. The number of hydrogen-bond acceptors (Lipinski definition) is 6. The van der Waals surface area contributed by atoms with Crippen molar-refractivity contribution < 1.29 is 29.0 Å². The van der Waals surface area contributed by atoms with Crippen LogP contribution in [0.5, 0.6) is 5.75 Å². The lowest BCUT2D eigenvalue weighted by molar-refractivity contribution is -1.35. The van der Waals surface area contributed by atoms with Crippen LogP contribution >= 0.6 is 0 Å². The molecule has 2 rings (SSSR count). The maximum Gasteiger partial charge on any atom is 0.308 e. The molecule has 22 heavy (non-hydrogen) atoms. The van der Waals surface area contributed by atoms with E-state index in [1.165, 1.54) is 21.1 Å². The van der Waals surface area contributed by atoms with E-state index in [1.807, 2.05) is 12.1 Å². The highest BCUT2D eigenvalue weighted by Crippen LogP contribution is 2.24. The molecule has 0 N–H and O–H groups in total.